The van der Waals surface area contributed by atoms with Crippen molar-refractivity contribution in [2.24, 2.45) is 5.41 Å². The Labute approximate surface area is 149 Å². The minimum Gasteiger partial charge on any atom is -0.493 e. The summed E-state index contributed by atoms with van der Waals surface area (Å²) in [5.41, 5.74) is 0.848. The summed E-state index contributed by atoms with van der Waals surface area (Å²) in [5.74, 6) is 1.38. The number of benzene rings is 1. The van der Waals surface area contributed by atoms with Gasteiger partial charge in [-0.15, -0.1) is 0 Å². The quantitative estimate of drug-likeness (QED) is 0.831. The monoisotopic (exact) mass is 351 g/mol. The van der Waals surface area contributed by atoms with E-state index in [0.717, 1.165) is 18.5 Å². The Kier molecular flexibility index (Phi) is 4.88. The second kappa shape index (κ2) is 6.67. The van der Waals surface area contributed by atoms with E-state index in [0.29, 0.717) is 30.5 Å². The summed E-state index contributed by atoms with van der Waals surface area (Å²) in [7, 11) is 7.03. The van der Waals surface area contributed by atoms with Gasteiger partial charge in [0.05, 0.1) is 34.5 Å². The number of piperidine rings is 1. The standard InChI is InChI=1S/C19H29NO5/c1-18(2)17(20(3)8-7-19(18)24-9-10-25-19)13-11-14(21-4)16(23-6)15(12-13)22-5/h11-12,17H,7-10H2,1-6H3/t17-/m0/s1. The number of ether oxygens (including phenoxy) is 5. The molecule has 0 saturated carbocycles. The summed E-state index contributed by atoms with van der Waals surface area (Å²) in [4.78, 5) is 2.34. The van der Waals surface area contributed by atoms with E-state index in [2.05, 4.69) is 25.8 Å². The number of hydrogen-bond acceptors (Lipinski definition) is 6. The highest BCUT2D eigenvalue weighted by Gasteiger charge is 2.58. The highest BCUT2D eigenvalue weighted by atomic mass is 16.7. The van der Waals surface area contributed by atoms with Gasteiger partial charge in [-0.05, 0) is 24.7 Å². The molecule has 2 aliphatic heterocycles. The van der Waals surface area contributed by atoms with E-state index in [-0.39, 0.29) is 11.5 Å². The van der Waals surface area contributed by atoms with Crippen molar-refractivity contribution >= 4 is 0 Å². The van der Waals surface area contributed by atoms with E-state index >= 15 is 0 Å². The van der Waals surface area contributed by atoms with Gasteiger partial charge in [-0.25, -0.2) is 0 Å². The van der Waals surface area contributed by atoms with Gasteiger partial charge in [-0.3, -0.25) is 4.90 Å². The molecule has 6 heteroatoms. The number of hydrogen-bond donors (Lipinski definition) is 0. The Bertz CT molecular complexity index is 599. The van der Waals surface area contributed by atoms with Crippen molar-refractivity contribution in [2.75, 3.05) is 48.1 Å². The highest BCUT2D eigenvalue weighted by Crippen LogP contribution is 2.55. The van der Waals surface area contributed by atoms with Crippen LogP contribution in [0.4, 0.5) is 0 Å². The van der Waals surface area contributed by atoms with Crippen LogP contribution in [0.2, 0.25) is 0 Å². The van der Waals surface area contributed by atoms with Crippen molar-refractivity contribution in [3.63, 3.8) is 0 Å². The Morgan fingerprint density at radius 2 is 1.56 bits per heavy atom. The van der Waals surface area contributed by atoms with Gasteiger partial charge >= 0.3 is 0 Å². The molecule has 0 N–H and O–H groups in total. The van der Waals surface area contributed by atoms with Crippen molar-refractivity contribution in [2.45, 2.75) is 32.1 Å². The molecule has 2 fully saturated rings. The lowest BCUT2D eigenvalue weighted by molar-refractivity contribution is -0.270. The van der Waals surface area contributed by atoms with E-state index in [1.807, 2.05) is 12.1 Å². The lowest BCUT2D eigenvalue weighted by atomic mass is 9.69. The Morgan fingerprint density at radius 3 is 2.04 bits per heavy atom. The molecule has 0 radical (unpaired) electrons. The van der Waals surface area contributed by atoms with Crippen LogP contribution in [-0.2, 0) is 9.47 Å². The van der Waals surface area contributed by atoms with Gasteiger partial charge in [-0.2, -0.15) is 0 Å². The van der Waals surface area contributed by atoms with Crippen LogP contribution in [0.15, 0.2) is 12.1 Å². The highest BCUT2D eigenvalue weighted by molar-refractivity contribution is 5.54. The van der Waals surface area contributed by atoms with Crippen LogP contribution in [0.25, 0.3) is 0 Å². The number of nitrogens with zero attached hydrogens (tertiary/aromatic N) is 1. The second-order valence-corrected chi connectivity index (χ2v) is 7.26. The van der Waals surface area contributed by atoms with Gasteiger partial charge in [0.2, 0.25) is 5.75 Å². The molecule has 2 saturated heterocycles. The maximum absolute atomic E-state index is 6.12. The average molecular weight is 351 g/mol. The van der Waals surface area contributed by atoms with Crippen LogP contribution in [0, 0.1) is 5.41 Å². The van der Waals surface area contributed by atoms with Crippen LogP contribution in [-0.4, -0.2) is 58.8 Å². The zero-order chi connectivity index (χ0) is 18.2. The third-order valence-electron chi connectivity index (χ3n) is 5.66. The van der Waals surface area contributed by atoms with Crippen molar-refractivity contribution in [1.82, 2.24) is 4.90 Å². The Morgan fingerprint density at radius 1 is 1.00 bits per heavy atom. The number of rotatable bonds is 4. The average Bonchev–Trinajstić information content (AvgIpc) is 3.08. The molecule has 1 atom stereocenters. The summed E-state index contributed by atoms with van der Waals surface area (Å²) in [6.07, 6.45) is 0.859. The Balaban J connectivity index is 2.09. The molecule has 0 unspecified atom stereocenters. The van der Waals surface area contributed by atoms with E-state index in [1.165, 1.54) is 0 Å². The summed E-state index contributed by atoms with van der Waals surface area (Å²) in [6.45, 7) is 6.61. The van der Waals surface area contributed by atoms with Crippen molar-refractivity contribution < 1.29 is 23.7 Å². The molecule has 0 amide bonds. The molecule has 25 heavy (non-hydrogen) atoms. The fourth-order valence-electron chi connectivity index (χ4n) is 4.44. The first-order chi connectivity index (χ1) is 11.9. The minimum atomic E-state index is -0.551. The molecule has 2 aliphatic rings. The van der Waals surface area contributed by atoms with Gasteiger partial charge in [0.15, 0.2) is 17.3 Å². The zero-order valence-electron chi connectivity index (χ0n) is 16.0. The molecule has 0 bridgehead atoms. The largest absolute Gasteiger partial charge is 0.493 e. The summed E-state index contributed by atoms with van der Waals surface area (Å²) in [5, 5.41) is 0. The Hall–Kier alpha value is -1.50. The lowest BCUT2D eigenvalue weighted by Crippen LogP contribution is -2.58. The molecular formula is C19H29NO5. The van der Waals surface area contributed by atoms with Crippen molar-refractivity contribution in [3.8, 4) is 17.2 Å². The van der Waals surface area contributed by atoms with Crippen molar-refractivity contribution in [3.05, 3.63) is 17.7 Å². The fourth-order valence-corrected chi connectivity index (χ4v) is 4.44. The molecule has 3 rings (SSSR count). The first-order valence-electron chi connectivity index (χ1n) is 8.68. The predicted octanol–water partition coefficient (Wildman–Crippen LogP) is 2.86. The van der Waals surface area contributed by atoms with Gasteiger partial charge in [0.25, 0.3) is 0 Å². The van der Waals surface area contributed by atoms with Crippen LogP contribution >= 0.6 is 0 Å². The van der Waals surface area contributed by atoms with Crippen molar-refractivity contribution in [1.29, 1.82) is 0 Å². The normalized spacial score (nSPS) is 25.1. The van der Waals surface area contributed by atoms with Gasteiger partial charge in [0, 0.05) is 24.4 Å². The van der Waals surface area contributed by atoms with Crippen LogP contribution < -0.4 is 14.2 Å². The molecule has 1 aromatic carbocycles. The molecule has 2 heterocycles. The van der Waals surface area contributed by atoms with E-state index in [9.17, 15) is 0 Å². The van der Waals surface area contributed by atoms with Gasteiger partial charge < -0.3 is 23.7 Å². The topological polar surface area (TPSA) is 49.4 Å². The number of methoxy groups -OCH3 is 3. The van der Waals surface area contributed by atoms with Crippen LogP contribution in [0.1, 0.15) is 31.9 Å². The molecule has 0 aromatic heterocycles. The third-order valence-corrected chi connectivity index (χ3v) is 5.66. The third kappa shape index (κ3) is 2.76. The van der Waals surface area contributed by atoms with Crippen LogP contribution in [0.5, 0.6) is 17.2 Å². The molecule has 6 nitrogen and oxygen atoms in total. The van der Waals surface area contributed by atoms with Gasteiger partial charge in [-0.1, -0.05) is 13.8 Å². The minimum absolute atomic E-state index is 0.0908. The van der Waals surface area contributed by atoms with Gasteiger partial charge in [0.1, 0.15) is 0 Å². The number of likely N-dealkylation sites (tertiary alicyclic amines) is 1. The molecule has 140 valence electrons. The smallest absolute Gasteiger partial charge is 0.203 e. The van der Waals surface area contributed by atoms with E-state index in [1.54, 1.807) is 21.3 Å². The van der Waals surface area contributed by atoms with E-state index < -0.39 is 5.79 Å². The fraction of sp³-hybridized carbons (Fsp3) is 0.684. The summed E-state index contributed by atoms with van der Waals surface area (Å²) in [6, 6.07) is 4.14. The maximum atomic E-state index is 6.12. The van der Waals surface area contributed by atoms with Crippen LogP contribution in [0.3, 0.4) is 0 Å². The predicted molar refractivity (Wildman–Crippen MR) is 94.5 cm³/mol. The summed E-state index contributed by atoms with van der Waals surface area (Å²) >= 11 is 0. The SMILES string of the molecule is COc1cc([C@@H]2N(C)CCC3(OCCO3)C2(C)C)cc(OC)c1OC. The molecule has 1 spiro atoms. The molecule has 1 aromatic rings. The van der Waals surface area contributed by atoms with E-state index in [4.69, 9.17) is 23.7 Å². The first-order valence-corrected chi connectivity index (χ1v) is 8.68. The molecular weight excluding hydrogens is 322 g/mol. The summed E-state index contributed by atoms with van der Waals surface area (Å²) < 4.78 is 28.8. The maximum Gasteiger partial charge on any atom is 0.203 e. The second-order valence-electron chi connectivity index (χ2n) is 7.26. The zero-order valence-corrected chi connectivity index (χ0v) is 16.0. The first kappa shape index (κ1) is 18.3. The lowest BCUT2D eigenvalue weighted by Gasteiger charge is -2.54. The molecule has 0 aliphatic carbocycles.